The second-order valence-electron chi connectivity index (χ2n) is 5.95. The Hall–Kier alpha value is -2.41. The third kappa shape index (κ3) is 4.79. The number of carboxylic acid groups (broad SMARTS) is 1. The van der Waals surface area contributed by atoms with Crippen molar-refractivity contribution in [3.63, 3.8) is 0 Å². The zero-order valence-corrected chi connectivity index (χ0v) is 13.5. The van der Waals surface area contributed by atoms with Gasteiger partial charge in [-0.1, -0.05) is 30.3 Å². The Kier molecular flexibility index (Phi) is 6.31. The van der Waals surface area contributed by atoms with Crippen LogP contribution in [0.15, 0.2) is 30.3 Å². The van der Waals surface area contributed by atoms with Gasteiger partial charge in [0.2, 0.25) is 11.8 Å². The van der Waals surface area contributed by atoms with E-state index in [9.17, 15) is 19.5 Å². The molecule has 1 aromatic rings. The molecule has 0 saturated carbocycles. The van der Waals surface area contributed by atoms with Crippen LogP contribution >= 0.6 is 0 Å². The third-order valence-corrected chi connectivity index (χ3v) is 4.29. The van der Waals surface area contributed by atoms with Crippen LogP contribution in [0.2, 0.25) is 0 Å². The fourth-order valence-corrected chi connectivity index (χ4v) is 2.86. The number of piperidine rings is 1. The summed E-state index contributed by atoms with van der Waals surface area (Å²) in [5, 5.41) is 12.0. The molecule has 1 saturated heterocycles. The summed E-state index contributed by atoms with van der Waals surface area (Å²) in [6.45, 7) is 0.921. The van der Waals surface area contributed by atoms with Crippen molar-refractivity contribution in [2.24, 2.45) is 11.7 Å². The summed E-state index contributed by atoms with van der Waals surface area (Å²) in [5.41, 5.74) is 6.19. The first-order valence-corrected chi connectivity index (χ1v) is 8.06. The minimum atomic E-state index is -1.05. The number of amides is 2. The maximum atomic E-state index is 12.3. The second kappa shape index (κ2) is 8.44. The SMILES string of the molecule is NCC(=O)N1CCC(C(=O)NC(Cc2ccccc2)C(=O)O)CC1. The molecule has 1 unspecified atom stereocenters. The van der Waals surface area contributed by atoms with Crippen LogP contribution in [-0.2, 0) is 20.8 Å². The maximum Gasteiger partial charge on any atom is 0.326 e. The summed E-state index contributed by atoms with van der Waals surface area (Å²) < 4.78 is 0. The van der Waals surface area contributed by atoms with Gasteiger partial charge in [-0.3, -0.25) is 9.59 Å². The number of carbonyl (C=O) groups is 3. The van der Waals surface area contributed by atoms with Gasteiger partial charge in [0.25, 0.3) is 0 Å². The van der Waals surface area contributed by atoms with Gasteiger partial charge in [-0.15, -0.1) is 0 Å². The van der Waals surface area contributed by atoms with Crippen molar-refractivity contribution in [2.75, 3.05) is 19.6 Å². The topological polar surface area (TPSA) is 113 Å². The number of nitrogens with two attached hydrogens (primary N) is 1. The van der Waals surface area contributed by atoms with Gasteiger partial charge in [-0.2, -0.15) is 0 Å². The molecule has 7 nitrogen and oxygen atoms in total. The molecule has 0 bridgehead atoms. The number of nitrogens with zero attached hydrogens (tertiary/aromatic N) is 1. The van der Waals surface area contributed by atoms with Gasteiger partial charge in [0.15, 0.2) is 0 Å². The Morgan fingerprint density at radius 2 is 1.83 bits per heavy atom. The van der Waals surface area contributed by atoms with Gasteiger partial charge in [-0.05, 0) is 18.4 Å². The normalized spacial score (nSPS) is 16.5. The van der Waals surface area contributed by atoms with Crippen LogP contribution in [0.5, 0.6) is 0 Å². The van der Waals surface area contributed by atoms with Crippen molar-refractivity contribution in [3.8, 4) is 0 Å². The van der Waals surface area contributed by atoms with Gasteiger partial charge in [0.05, 0.1) is 6.54 Å². The predicted octanol–water partition coefficient (Wildman–Crippen LogP) is -0.00420. The number of hydrogen-bond acceptors (Lipinski definition) is 4. The summed E-state index contributed by atoms with van der Waals surface area (Å²) in [6.07, 6.45) is 1.29. The fraction of sp³-hybridized carbons (Fsp3) is 0.471. The van der Waals surface area contributed by atoms with Gasteiger partial charge >= 0.3 is 5.97 Å². The highest BCUT2D eigenvalue weighted by atomic mass is 16.4. The minimum Gasteiger partial charge on any atom is -0.480 e. The molecular formula is C17H23N3O4. The molecule has 24 heavy (non-hydrogen) atoms. The van der Waals surface area contributed by atoms with Crippen molar-refractivity contribution in [3.05, 3.63) is 35.9 Å². The Balaban J connectivity index is 1.89. The van der Waals surface area contributed by atoms with E-state index >= 15 is 0 Å². The number of carboxylic acids is 1. The average molecular weight is 333 g/mol. The quantitative estimate of drug-likeness (QED) is 0.678. The standard InChI is InChI=1S/C17H23N3O4/c18-11-15(21)20-8-6-13(7-9-20)16(22)19-14(17(23)24)10-12-4-2-1-3-5-12/h1-5,13-14H,6-11,18H2,(H,19,22)(H,23,24). The van der Waals surface area contributed by atoms with E-state index in [4.69, 9.17) is 5.73 Å². The lowest BCUT2D eigenvalue weighted by atomic mass is 9.95. The van der Waals surface area contributed by atoms with E-state index in [1.54, 1.807) is 4.90 Å². The Bertz CT molecular complexity index is 583. The van der Waals surface area contributed by atoms with E-state index in [1.807, 2.05) is 30.3 Å². The molecule has 1 atom stereocenters. The zero-order chi connectivity index (χ0) is 17.5. The van der Waals surface area contributed by atoms with E-state index in [-0.39, 0.29) is 30.7 Å². The average Bonchev–Trinajstić information content (AvgIpc) is 2.61. The van der Waals surface area contributed by atoms with Crippen LogP contribution in [0.1, 0.15) is 18.4 Å². The molecule has 0 aliphatic carbocycles. The van der Waals surface area contributed by atoms with E-state index < -0.39 is 12.0 Å². The van der Waals surface area contributed by atoms with Crippen molar-refractivity contribution in [2.45, 2.75) is 25.3 Å². The van der Waals surface area contributed by atoms with Gasteiger partial charge in [-0.25, -0.2) is 4.79 Å². The lowest BCUT2D eigenvalue weighted by Gasteiger charge is -2.31. The van der Waals surface area contributed by atoms with Crippen molar-refractivity contribution in [1.82, 2.24) is 10.2 Å². The second-order valence-corrected chi connectivity index (χ2v) is 5.95. The Morgan fingerprint density at radius 1 is 1.21 bits per heavy atom. The molecule has 0 radical (unpaired) electrons. The Morgan fingerprint density at radius 3 is 2.38 bits per heavy atom. The number of hydrogen-bond donors (Lipinski definition) is 3. The molecule has 0 spiro atoms. The van der Waals surface area contributed by atoms with Gasteiger partial charge in [0, 0.05) is 25.4 Å². The van der Waals surface area contributed by atoms with Gasteiger partial charge in [0.1, 0.15) is 6.04 Å². The number of likely N-dealkylation sites (tertiary alicyclic amines) is 1. The van der Waals surface area contributed by atoms with E-state index in [0.29, 0.717) is 25.9 Å². The highest BCUT2D eigenvalue weighted by Crippen LogP contribution is 2.18. The first kappa shape index (κ1) is 17.9. The molecule has 1 heterocycles. The zero-order valence-electron chi connectivity index (χ0n) is 13.5. The molecule has 1 aliphatic rings. The summed E-state index contributed by atoms with van der Waals surface area (Å²) >= 11 is 0. The minimum absolute atomic E-state index is 0.0327. The maximum absolute atomic E-state index is 12.3. The number of aliphatic carboxylic acids is 1. The molecule has 0 aromatic heterocycles. The van der Waals surface area contributed by atoms with Crippen LogP contribution in [0, 0.1) is 5.92 Å². The summed E-state index contributed by atoms with van der Waals surface area (Å²) in [6, 6.07) is 8.23. The molecule has 7 heteroatoms. The summed E-state index contributed by atoms with van der Waals surface area (Å²) in [4.78, 5) is 36.9. The number of nitrogens with one attached hydrogen (secondary N) is 1. The van der Waals surface area contributed by atoms with Crippen molar-refractivity contribution < 1.29 is 19.5 Å². The van der Waals surface area contributed by atoms with Crippen LogP contribution in [-0.4, -0.2) is 53.5 Å². The van der Waals surface area contributed by atoms with Crippen LogP contribution in [0.25, 0.3) is 0 Å². The lowest BCUT2D eigenvalue weighted by Crippen LogP contribution is -2.49. The molecule has 1 aliphatic heterocycles. The van der Waals surface area contributed by atoms with Crippen molar-refractivity contribution >= 4 is 17.8 Å². The third-order valence-electron chi connectivity index (χ3n) is 4.29. The van der Waals surface area contributed by atoms with Crippen LogP contribution < -0.4 is 11.1 Å². The Labute approximate surface area is 140 Å². The molecule has 1 fully saturated rings. The number of carbonyl (C=O) groups excluding carboxylic acids is 2. The molecular weight excluding hydrogens is 310 g/mol. The monoisotopic (exact) mass is 333 g/mol. The van der Waals surface area contributed by atoms with E-state index in [0.717, 1.165) is 5.56 Å². The van der Waals surface area contributed by atoms with Crippen LogP contribution in [0.4, 0.5) is 0 Å². The van der Waals surface area contributed by atoms with Gasteiger partial charge < -0.3 is 21.1 Å². The molecule has 1 aromatic carbocycles. The molecule has 4 N–H and O–H groups in total. The largest absolute Gasteiger partial charge is 0.480 e. The highest BCUT2D eigenvalue weighted by molar-refractivity contribution is 5.85. The number of rotatable bonds is 6. The van der Waals surface area contributed by atoms with Crippen LogP contribution in [0.3, 0.4) is 0 Å². The lowest BCUT2D eigenvalue weighted by molar-refractivity contribution is -0.143. The summed E-state index contributed by atoms with van der Waals surface area (Å²) in [7, 11) is 0. The number of benzene rings is 1. The molecule has 130 valence electrons. The molecule has 2 rings (SSSR count). The van der Waals surface area contributed by atoms with E-state index in [2.05, 4.69) is 5.32 Å². The fourth-order valence-electron chi connectivity index (χ4n) is 2.86. The first-order valence-electron chi connectivity index (χ1n) is 8.06. The highest BCUT2D eigenvalue weighted by Gasteiger charge is 2.29. The van der Waals surface area contributed by atoms with Crippen molar-refractivity contribution in [1.29, 1.82) is 0 Å². The first-order chi connectivity index (χ1) is 11.5. The van der Waals surface area contributed by atoms with E-state index in [1.165, 1.54) is 0 Å². The smallest absolute Gasteiger partial charge is 0.326 e. The predicted molar refractivity (Wildman–Crippen MR) is 88.1 cm³/mol. The molecule has 2 amide bonds. The summed E-state index contributed by atoms with van der Waals surface area (Å²) in [5.74, 6) is -1.72.